The summed E-state index contributed by atoms with van der Waals surface area (Å²) in [6, 6.07) is 17.1. The molecule has 0 fully saturated rings. The number of aromatic nitrogens is 1. The number of methoxy groups -OCH3 is 1. The quantitative estimate of drug-likeness (QED) is 0.265. The van der Waals surface area contributed by atoms with E-state index in [1.807, 2.05) is 49.5 Å². The van der Waals surface area contributed by atoms with Gasteiger partial charge in [0.05, 0.1) is 19.6 Å². The van der Waals surface area contributed by atoms with Gasteiger partial charge in [-0.25, -0.2) is 0 Å². The highest BCUT2D eigenvalue weighted by atomic mass is 16.5. The molecule has 0 spiro atoms. The van der Waals surface area contributed by atoms with Gasteiger partial charge in [-0.1, -0.05) is 62.4 Å². The van der Waals surface area contributed by atoms with Crippen LogP contribution in [-0.2, 0) is 20.9 Å². The first-order valence-corrected chi connectivity index (χ1v) is 13.6. The first-order valence-electron chi connectivity index (χ1n) is 13.6. The van der Waals surface area contributed by atoms with Crippen molar-refractivity contribution in [2.75, 3.05) is 21.2 Å². The van der Waals surface area contributed by atoms with E-state index in [1.54, 1.807) is 10.6 Å². The number of aryl methyl sites for hydroxylation is 2. The molecular formula is C33H42N2O4. The van der Waals surface area contributed by atoms with Crippen molar-refractivity contribution in [3.8, 4) is 11.1 Å². The first-order chi connectivity index (χ1) is 18.5. The number of Topliss-reactive ketones (excluding diaryl/α,β-unsaturated/α-hetero) is 1. The highest BCUT2D eigenvalue weighted by Gasteiger charge is 2.28. The smallest absolute Gasteiger partial charge is 0.306 e. The van der Waals surface area contributed by atoms with Gasteiger partial charge in [0.15, 0.2) is 5.78 Å². The molecule has 0 aliphatic rings. The fourth-order valence-corrected chi connectivity index (χ4v) is 5.29. The van der Waals surface area contributed by atoms with Crippen molar-refractivity contribution in [2.24, 2.45) is 5.92 Å². The zero-order valence-corrected chi connectivity index (χ0v) is 24.4. The number of nitrogens with zero attached hydrogens (tertiary/aromatic N) is 2. The topological polar surface area (TPSA) is 68.6 Å². The monoisotopic (exact) mass is 530 g/mol. The zero-order valence-electron chi connectivity index (χ0n) is 24.4. The van der Waals surface area contributed by atoms with Crippen LogP contribution in [0.3, 0.4) is 0 Å². The molecule has 0 saturated heterocycles. The van der Waals surface area contributed by atoms with E-state index in [0.29, 0.717) is 13.0 Å². The second-order valence-corrected chi connectivity index (χ2v) is 11.2. The van der Waals surface area contributed by atoms with Gasteiger partial charge < -0.3 is 14.2 Å². The maximum Gasteiger partial charge on any atom is 0.306 e. The number of hydrogen-bond donors (Lipinski definition) is 0. The molecular weight excluding hydrogens is 488 g/mol. The Bertz CT molecular complexity index is 1340. The minimum atomic E-state index is -0.610. The SMILES string of the molecule is COC(=O)C[C@H](CC(=O)C(CC(C)C)n1cc(CN(C)C)ccc1=O)c1cccc(-c2c(C)cccc2C)c1. The van der Waals surface area contributed by atoms with Crippen molar-refractivity contribution >= 4 is 11.8 Å². The fourth-order valence-electron chi connectivity index (χ4n) is 5.29. The second-order valence-electron chi connectivity index (χ2n) is 11.2. The van der Waals surface area contributed by atoms with Crippen LogP contribution in [0, 0.1) is 19.8 Å². The van der Waals surface area contributed by atoms with Crippen LogP contribution in [0.15, 0.2) is 65.6 Å². The highest BCUT2D eigenvalue weighted by Crippen LogP contribution is 2.33. The van der Waals surface area contributed by atoms with Crippen LogP contribution in [0.25, 0.3) is 11.1 Å². The second kappa shape index (κ2) is 13.5. The Hall–Kier alpha value is -3.51. The van der Waals surface area contributed by atoms with Crippen LogP contribution in [-0.4, -0.2) is 42.4 Å². The number of carbonyl (C=O) groups is 2. The van der Waals surface area contributed by atoms with Crippen molar-refractivity contribution in [3.05, 3.63) is 93.4 Å². The van der Waals surface area contributed by atoms with Gasteiger partial charge in [-0.3, -0.25) is 14.4 Å². The average molecular weight is 531 g/mol. The molecule has 1 aromatic heterocycles. The Morgan fingerprint density at radius 3 is 2.23 bits per heavy atom. The van der Waals surface area contributed by atoms with Crippen molar-refractivity contribution in [2.45, 2.75) is 65.5 Å². The molecule has 3 aromatic rings. The summed E-state index contributed by atoms with van der Waals surface area (Å²) in [5.74, 6) is -0.589. The zero-order chi connectivity index (χ0) is 28.7. The molecule has 1 unspecified atom stereocenters. The van der Waals surface area contributed by atoms with E-state index < -0.39 is 6.04 Å². The maximum atomic E-state index is 14.0. The van der Waals surface area contributed by atoms with Gasteiger partial charge in [0.1, 0.15) is 0 Å². The summed E-state index contributed by atoms with van der Waals surface area (Å²) in [5, 5.41) is 0. The van der Waals surface area contributed by atoms with Gasteiger partial charge in [-0.05, 0) is 73.7 Å². The molecule has 6 heteroatoms. The standard InChI is InChI=1S/C33H42N2O4/c1-22(2)16-29(35-21-25(20-34(5)6)14-15-31(35)37)30(36)18-28(19-32(38)39-7)26-12-9-13-27(17-26)33-23(3)10-8-11-24(33)4/h8-15,17,21-22,28-29H,16,18-20H2,1-7H3/t28-,29?/m0/s1. The number of hydrogen-bond acceptors (Lipinski definition) is 5. The first kappa shape index (κ1) is 30.0. The van der Waals surface area contributed by atoms with Crippen LogP contribution in [0.5, 0.6) is 0 Å². The molecule has 0 N–H and O–H groups in total. The predicted octanol–water partition coefficient (Wildman–Crippen LogP) is 6.09. The van der Waals surface area contributed by atoms with E-state index in [-0.39, 0.29) is 42.0 Å². The van der Waals surface area contributed by atoms with E-state index in [2.05, 4.69) is 52.0 Å². The maximum absolute atomic E-state index is 14.0. The van der Waals surface area contributed by atoms with Crippen molar-refractivity contribution < 1.29 is 14.3 Å². The van der Waals surface area contributed by atoms with Gasteiger partial charge in [0.25, 0.3) is 5.56 Å². The number of ether oxygens (including phenoxy) is 1. The lowest BCUT2D eigenvalue weighted by Gasteiger charge is -2.25. The highest BCUT2D eigenvalue weighted by molar-refractivity contribution is 5.84. The molecule has 0 amide bonds. The molecule has 39 heavy (non-hydrogen) atoms. The summed E-state index contributed by atoms with van der Waals surface area (Å²) in [4.78, 5) is 41.4. The van der Waals surface area contributed by atoms with E-state index in [1.165, 1.54) is 18.2 Å². The molecule has 2 aromatic carbocycles. The molecule has 1 heterocycles. The van der Waals surface area contributed by atoms with E-state index in [4.69, 9.17) is 4.74 Å². The number of rotatable bonds is 12. The van der Waals surface area contributed by atoms with E-state index in [9.17, 15) is 14.4 Å². The molecule has 0 aliphatic carbocycles. The van der Waals surface area contributed by atoms with Crippen LogP contribution in [0.4, 0.5) is 0 Å². The summed E-state index contributed by atoms with van der Waals surface area (Å²) in [7, 11) is 5.30. The lowest BCUT2D eigenvalue weighted by atomic mass is 9.85. The van der Waals surface area contributed by atoms with Crippen LogP contribution < -0.4 is 5.56 Å². The van der Waals surface area contributed by atoms with Crippen molar-refractivity contribution in [1.82, 2.24) is 9.47 Å². The number of ketones is 1. The van der Waals surface area contributed by atoms with Crippen LogP contribution >= 0.6 is 0 Å². The van der Waals surface area contributed by atoms with Gasteiger partial charge in [0, 0.05) is 31.1 Å². The summed E-state index contributed by atoms with van der Waals surface area (Å²) < 4.78 is 6.60. The van der Waals surface area contributed by atoms with E-state index in [0.717, 1.165) is 22.3 Å². The Morgan fingerprint density at radius 2 is 1.62 bits per heavy atom. The molecule has 208 valence electrons. The summed E-state index contributed by atoms with van der Waals surface area (Å²) >= 11 is 0. The Labute approximate surface area is 232 Å². The Kier molecular flexibility index (Phi) is 10.4. The largest absolute Gasteiger partial charge is 0.469 e. The molecule has 6 nitrogen and oxygen atoms in total. The number of esters is 1. The lowest BCUT2D eigenvalue weighted by Crippen LogP contribution is -2.32. The molecule has 0 radical (unpaired) electrons. The number of carbonyl (C=O) groups excluding carboxylic acids is 2. The molecule has 0 aliphatic heterocycles. The minimum absolute atomic E-state index is 0.0563. The molecule has 0 saturated carbocycles. The van der Waals surface area contributed by atoms with Gasteiger partial charge in [-0.15, -0.1) is 0 Å². The van der Waals surface area contributed by atoms with Gasteiger partial charge in [-0.2, -0.15) is 0 Å². The summed E-state index contributed by atoms with van der Waals surface area (Å²) in [6.07, 6.45) is 2.57. The third-order valence-electron chi connectivity index (χ3n) is 7.12. The van der Waals surface area contributed by atoms with Crippen LogP contribution in [0.1, 0.15) is 67.3 Å². The Balaban J connectivity index is 2.01. The molecule has 0 bridgehead atoms. The summed E-state index contributed by atoms with van der Waals surface area (Å²) in [5.41, 5.74) is 6.22. The predicted molar refractivity (Wildman–Crippen MR) is 157 cm³/mol. The lowest BCUT2D eigenvalue weighted by molar-refractivity contribution is -0.141. The van der Waals surface area contributed by atoms with Crippen LogP contribution in [0.2, 0.25) is 0 Å². The molecule has 2 atom stereocenters. The summed E-state index contributed by atoms with van der Waals surface area (Å²) in [6.45, 7) is 8.94. The average Bonchev–Trinajstić information content (AvgIpc) is 2.87. The van der Waals surface area contributed by atoms with Crippen molar-refractivity contribution in [1.29, 1.82) is 0 Å². The van der Waals surface area contributed by atoms with E-state index >= 15 is 0 Å². The number of benzene rings is 2. The van der Waals surface area contributed by atoms with Gasteiger partial charge >= 0.3 is 5.97 Å². The fraction of sp³-hybridized carbons (Fsp3) is 0.424. The normalized spacial score (nSPS) is 12.9. The molecule has 3 rings (SSSR count). The van der Waals surface area contributed by atoms with Crippen molar-refractivity contribution in [3.63, 3.8) is 0 Å². The Morgan fingerprint density at radius 1 is 0.949 bits per heavy atom. The minimum Gasteiger partial charge on any atom is -0.469 e. The third kappa shape index (κ3) is 7.99. The van der Waals surface area contributed by atoms with Gasteiger partial charge in [0.2, 0.25) is 0 Å². The third-order valence-corrected chi connectivity index (χ3v) is 7.12. The number of pyridine rings is 1.